The molecule has 2 unspecified atom stereocenters. The first-order chi connectivity index (χ1) is 7.95. The second-order valence-corrected chi connectivity index (χ2v) is 3.66. The molecule has 0 saturated heterocycles. The van der Waals surface area contributed by atoms with Crippen LogP contribution >= 0.6 is 0 Å². The molecular formula is C11H13NO5. The monoisotopic (exact) mass is 239 g/mol. The van der Waals surface area contributed by atoms with E-state index in [-0.39, 0.29) is 17.0 Å². The summed E-state index contributed by atoms with van der Waals surface area (Å²) in [5.74, 6) is 0.221. The Morgan fingerprint density at radius 3 is 2.59 bits per heavy atom. The number of aliphatic hydroxyl groups is 1. The number of non-ortho nitro benzene ring substituents is 1. The van der Waals surface area contributed by atoms with Crippen LogP contribution in [0.5, 0.6) is 5.75 Å². The van der Waals surface area contributed by atoms with Gasteiger partial charge in [0.2, 0.25) is 0 Å². The molecule has 0 aliphatic rings. The van der Waals surface area contributed by atoms with Crippen molar-refractivity contribution in [2.75, 3.05) is 0 Å². The normalized spacial score (nSPS) is 13.8. The van der Waals surface area contributed by atoms with E-state index < -0.39 is 17.1 Å². The SMILES string of the molecule is CC(O)C(C)Oc1ccc([N+](=O)[O-])cc1C=O. The van der Waals surface area contributed by atoms with Crippen LogP contribution in [-0.4, -0.2) is 28.5 Å². The Kier molecular flexibility index (Phi) is 4.17. The Morgan fingerprint density at radius 2 is 2.12 bits per heavy atom. The number of aldehydes is 1. The summed E-state index contributed by atoms with van der Waals surface area (Å²) in [5.41, 5.74) is -0.0872. The molecule has 0 saturated carbocycles. The number of ether oxygens (including phenoxy) is 1. The Balaban J connectivity index is 3.01. The third kappa shape index (κ3) is 3.25. The number of carbonyl (C=O) groups is 1. The summed E-state index contributed by atoms with van der Waals surface area (Å²) < 4.78 is 5.33. The Labute approximate surface area is 98.0 Å². The standard InChI is InChI=1S/C11H13NO5/c1-7(14)8(2)17-11-4-3-10(12(15)16)5-9(11)6-13/h3-8,14H,1-2H3. The van der Waals surface area contributed by atoms with Crippen molar-refractivity contribution in [3.63, 3.8) is 0 Å². The first-order valence-electron chi connectivity index (χ1n) is 5.04. The summed E-state index contributed by atoms with van der Waals surface area (Å²) in [5, 5.41) is 19.8. The lowest BCUT2D eigenvalue weighted by Gasteiger charge is -2.18. The summed E-state index contributed by atoms with van der Waals surface area (Å²) >= 11 is 0. The Bertz CT molecular complexity index is 430. The smallest absolute Gasteiger partial charge is 0.270 e. The summed E-state index contributed by atoms with van der Waals surface area (Å²) in [6, 6.07) is 3.73. The van der Waals surface area contributed by atoms with Crippen molar-refractivity contribution in [3.8, 4) is 5.75 Å². The second kappa shape index (κ2) is 5.40. The lowest BCUT2D eigenvalue weighted by atomic mass is 10.2. The van der Waals surface area contributed by atoms with Crippen LogP contribution in [-0.2, 0) is 0 Å². The highest BCUT2D eigenvalue weighted by atomic mass is 16.6. The van der Waals surface area contributed by atoms with Crippen LogP contribution in [0.2, 0.25) is 0 Å². The Hall–Kier alpha value is -1.95. The molecule has 0 aliphatic carbocycles. The molecule has 0 fully saturated rings. The van der Waals surface area contributed by atoms with E-state index in [1.165, 1.54) is 12.1 Å². The highest BCUT2D eigenvalue weighted by Crippen LogP contribution is 2.24. The molecule has 0 amide bonds. The van der Waals surface area contributed by atoms with E-state index >= 15 is 0 Å². The molecule has 1 rings (SSSR count). The number of hydrogen-bond acceptors (Lipinski definition) is 5. The number of nitro groups is 1. The number of benzene rings is 1. The van der Waals surface area contributed by atoms with Gasteiger partial charge in [0.25, 0.3) is 5.69 Å². The molecular weight excluding hydrogens is 226 g/mol. The van der Waals surface area contributed by atoms with E-state index in [9.17, 15) is 20.0 Å². The average Bonchev–Trinajstić information content (AvgIpc) is 2.28. The summed E-state index contributed by atoms with van der Waals surface area (Å²) in [4.78, 5) is 20.7. The molecule has 6 heteroatoms. The largest absolute Gasteiger partial charge is 0.487 e. The van der Waals surface area contributed by atoms with Gasteiger partial charge < -0.3 is 9.84 Å². The van der Waals surface area contributed by atoms with E-state index in [1.807, 2.05) is 0 Å². The maximum absolute atomic E-state index is 10.8. The first kappa shape index (κ1) is 13.1. The third-order valence-electron chi connectivity index (χ3n) is 2.32. The van der Waals surface area contributed by atoms with Gasteiger partial charge in [-0.2, -0.15) is 0 Å². The summed E-state index contributed by atoms with van der Waals surface area (Å²) in [7, 11) is 0. The minimum Gasteiger partial charge on any atom is -0.487 e. The molecule has 1 aromatic rings. The molecule has 0 heterocycles. The number of hydrogen-bond donors (Lipinski definition) is 1. The number of aliphatic hydroxyl groups excluding tert-OH is 1. The fraction of sp³-hybridized carbons (Fsp3) is 0.364. The fourth-order valence-electron chi connectivity index (χ4n) is 1.15. The predicted molar refractivity (Wildman–Crippen MR) is 60.3 cm³/mol. The maximum Gasteiger partial charge on any atom is 0.270 e. The molecule has 6 nitrogen and oxygen atoms in total. The lowest BCUT2D eigenvalue weighted by Crippen LogP contribution is -2.26. The zero-order valence-electron chi connectivity index (χ0n) is 9.49. The van der Waals surface area contributed by atoms with Crippen molar-refractivity contribution < 1.29 is 19.6 Å². The van der Waals surface area contributed by atoms with E-state index in [0.29, 0.717) is 6.29 Å². The molecule has 2 atom stereocenters. The molecule has 17 heavy (non-hydrogen) atoms. The molecule has 0 spiro atoms. The molecule has 0 aliphatic heterocycles. The van der Waals surface area contributed by atoms with Gasteiger partial charge in [0, 0.05) is 12.1 Å². The van der Waals surface area contributed by atoms with Crippen molar-refractivity contribution in [2.45, 2.75) is 26.1 Å². The van der Waals surface area contributed by atoms with Crippen LogP contribution in [0.4, 0.5) is 5.69 Å². The van der Waals surface area contributed by atoms with Gasteiger partial charge in [-0.25, -0.2) is 0 Å². The quantitative estimate of drug-likeness (QED) is 0.478. The minimum absolute atomic E-state index is 0.0895. The maximum atomic E-state index is 10.8. The van der Waals surface area contributed by atoms with Crippen LogP contribution < -0.4 is 4.74 Å². The lowest BCUT2D eigenvalue weighted by molar-refractivity contribution is -0.384. The van der Waals surface area contributed by atoms with Crippen LogP contribution in [0.25, 0.3) is 0 Å². The fourth-order valence-corrected chi connectivity index (χ4v) is 1.15. The first-order valence-corrected chi connectivity index (χ1v) is 5.04. The minimum atomic E-state index is -0.704. The molecule has 1 aromatic carbocycles. The summed E-state index contributed by atoms with van der Waals surface area (Å²) in [6.45, 7) is 3.19. The van der Waals surface area contributed by atoms with E-state index in [4.69, 9.17) is 4.74 Å². The summed E-state index contributed by atoms with van der Waals surface area (Å²) in [6.07, 6.45) is -0.725. The number of carbonyl (C=O) groups excluding carboxylic acids is 1. The highest BCUT2D eigenvalue weighted by molar-refractivity contribution is 5.80. The predicted octanol–water partition coefficient (Wildman–Crippen LogP) is 1.56. The topological polar surface area (TPSA) is 89.7 Å². The van der Waals surface area contributed by atoms with Crippen molar-refractivity contribution in [1.82, 2.24) is 0 Å². The van der Waals surface area contributed by atoms with Gasteiger partial charge in [-0.3, -0.25) is 14.9 Å². The highest BCUT2D eigenvalue weighted by Gasteiger charge is 2.15. The number of nitro benzene ring substituents is 1. The molecule has 92 valence electrons. The van der Waals surface area contributed by atoms with Crippen LogP contribution in [0, 0.1) is 10.1 Å². The van der Waals surface area contributed by atoms with Crippen LogP contribution in [0.1, 0.15) is 24.2 Å². The van der Waals surface area contributed by atoms with Crippen LogP contribution in [0.3, 0.4) is 0 Å². The van der Waals surface area contributed by atoms with Crippen molar-refractivity contribution in [3.05, 3.63) is 33.9 Å². The molecule has 0 radical (unpaired) electrons. The van der Waals surface area contributed by atoms with Gasteiger partial charge in [0.15, 0.2) is 6.29 Å². The number of nitrogens with zero attached hydrogens (tertiary/aromatic N) is 1. The third-order valence-corrected chi connectivity index (χ3v) is 2.32. The number of rotatable bonds is 5. The van der Waals surface area contributed by atoms with Crippen LogP contribution in [0.15, 0.2) is 18.2 Å². The molecule has 0 aromatic heterocycles. The van der Waals surface area contributed by atoms with Gasteiger partial charge in [0.1, 0.15) is 11.9 Å². The molecule has 1 N–H and O–H groups in total. The zero-order chi connectivity index (χ0) is 13.0. The average molecular weight is 239 g/mol. The van der Waals surface area contributed by atoms with E-state index in [1.54, 1.807) is 13.8 Å². The van der Waals surface area contributed by atoms with Gasteiger partial charge in [0.05, 0.1) is 16.6 Å². The van der Waals surface area contributed by atoms with Gasteiger partial charge in [-0.15, -0.1) is 0 Å². The van der Waals surface area contributed by atoms with Crippen molar-refractivity contribution in [2.24, 2.45) is 0 Å². The van der Waals surface area contributed by atoms with Gasteiger partial charge >= 0.3 is 0 Å². The van der Waals surface area contributed by atoms with E-state index in [0.717, 1.165) is 6.07 Å². The molecule has 0 bridgehead atoms. The van der Waals surface area contributed by atoms with Crippen molar-refractivity contribution >= 4 is 12.0 Å². The van der Waals surface area contributed by atoms with Crippen molar-refractivity contribution in [1.29, 1.82) is 0 Å². The van der Waals surface area contributed by atoms with Gasteiger partial charge in [-0.1, -0.05) is 0 Å². The second-order valence-electron chi connectivity index (χ2n) is 3.66. The van der Waals surface area contributed by atoms with Gasteiger partial charge in [-0.05, 0) is 19.9 Å². The Morgan fingerprint density at radius 1 is 1.47 bits per heavy atom. The zero-order valence-corrected chi connectivity index (χ0v) is 9.49. The van der Waals surface area contributed by atoms with E-state index in [2.05, 4.69) is 0 Å².